The van der Waals surface area contributed by atoms with E-state index >= 15 is 0 Å². The molecule has 0 saturated heterocycles. The molecular weight excluding hydrogens is 271 g/mol. The van der Waals surface area contributed by atoms with Gasteiger partial charge in [-0.1, -0.05) is 12.1 Å². The molecule has 0 fully saturated rings. The van der Waals surface area contributed by atoms with Gasteiger partial charge in [0.15, 0.2) is 0 Å². The van der Waals surface area contributed by atoms with E-state index in [0.717, 1.165) is 0 Å². The van der Waals surface area contributed by atoms with Gasteiger partial charge in [0.05, 0.1) is 11.8 Å². The third kappa shape index (κ3) is 3.27. The third-order valence-corrected chi connectivity index (χ3v) is 3.51. The predicted molar refractivity (Wildman–Crippen MR) is 76.5 cm³/mol. The van der Waals surface area contributed by atoms with Crippen LogP contribution in [-0.2, 0) is 9.59 Å². The normalized spacial score (nSPS) is 12.4. The Morgan fingerprint density at radius 2 is 1.57 bits per heavy atom. The third-order valence-electron chi connectivity index (χ3n) is 3.51. The van der Waals surface area contributed by atoms with Crippen LogP contribution < -0.4 is 0 Å². The molecule has 1 aromatic heterocycles. The van der Waals surface area contributed by atoms with E-state index in [0.29, 0.717) is 17.1 Å². The molecule has 1 atom stereocenters. The average Bonchev–Trinajstić information content (AvgIpc) is 2.82. The number of halogens is 1. The Morgan fingerprint density at radius 3 is 2.00 bits per heavy atom. The summed E-state index contributed by atoms with van der Waals surface area (Å²) in [7, 11) is 0. The maximum atomic E-state index is 13.1. The van der Waals surface area contributed by atoms with Gasteiger partial charge in [-0.2, -0.15) is 0 Å². The summed E-state index contributed by atoms with van der Waals surface area (Å²) < 4.78 is 18.7. The van der Waals surface area contributed by atoms with E-state index < -0.39 is 11.8 Å². The zero-order valence-corrected chi connectivity index (χ0v) is 12.2. The van der Waals surface area contributed by atoms with Gasteiger partial charge in [-0.25, -0.2) is 4.39 Å². The van der Waals surface area contributed by atoms with E-state index in [1.54, 1.807) is 31.2 Å². The van der Waals surface area contributed by atoms with Gasteiger partial charge in [-0.3, -0.25) is 9.59 Å². The number of ketones is 2. The maximum Gasteiger partial charge on any atom is 0.141 e. The maximum absolute atomic E-state index is 13.1. The summed E-state index contributed by atoms with van der Waals surface area (Å²) in [4.78, 5) is 23.8. The van der Waals surface area contributed by atoms with Gasteiger partial charge in [0.1, 0.15) is 28.9 Å². The van der Waals surface area contributed by atoms with E-state index in [2.05, 4.69) is 0 Å². The largest absolute Gasteiger partial charge is 0.466 e. The first kappa shape index (κ1) is 15.2. The molecule has 3 nitrogen and oxygen atoms in total. The van der Waals surface area contributed by atoms with Crippen molar-refractivity contribution in [3.8, 4) is 0 Å². The summed E-state index contributed by atoms with van der Waals surface area (Å²) in [5.74, 6) is -0.958. The average molecular weight is 288 g/mol. The van der Waals surface area contributed by atoms with Crippen LogP contribution in [0, 0.1) is 18.7 Å². The molecule has 21 heavy (non-hydrogen) atoms. The van der Waals surface area contributed by atoms with Crippen LogP contribution in [0.2, 0.25) is 0 Å². The van der Waals surface area contributed by atoms with Gasteiger partial charge in [0, 0.05) is 0 Å². The first-order valence-corrected chi connectivity index (χ1v) is 6.73. The molecule has 110 valence electrons. The highest BCUT2D eigenvalue weighted by Crippen LogP contribution is 2.34. The molecule has 1 unspecified atom stereocenters. The Balaban J connectivity index is 2.55. The lowest BCUT2D eigenvalue weighted by molar-refractivity contribution is -0.131. The van der Waals surface area contributed by atoms with Crippen molar-refractivity contribution in [1.29, 1.82) is 0 Å². The van der Waals surface area contributed by atoms with Gasteiger partial charge in [0.2, 0.25) is 0 Å². The van der Waals surface area contributed by atoms with E-state index in [4.69, 9.17) is 4.42 Å². The van der Waals surface area contributed by atoms with Crippen LogP contribution >= 0.6 is 0 Å². The van der Waals surface area contributed by atoms with E-state index in [-0.39, 0.29) is 17.4 Å². The Hall–Kier alpha value is -2.23. The van der Waals surface area contributed by atoms with Crippen molar-refractivity contribution in [2.45, 2.75) is 26.7 Å². The Labute approximate surface area is 122 Å². The molecule has 0 saturated carbocycles. The second-order valence-electron chi connectivity index (χ2n) is 5.18. The van der Waals surface area contributed by atoms with Crippen LogP contribution in [0.1, 0.15) is 36.8 Å². The van der Waals surface area contributed by atoms with Gasteiger partial charge < -0.3 is 4.42 Å². The van der Waals surface area contributed by atoms with Crippen LogP contribution in [0.15, 0.2) is 40.8 Å². The molecule has 1 aromatic carbocycles. The second-order valence-corrected chi connectivity index (χ2v) is 5.18. The first-order chi connectivity index (χ1) is 9.90. The fraction of sp³-hybridized carbons (Fsp3) is 0.294. The molecule has 0 amide bonds. The topological polar surface area (TPSA) is 47.3 Å². The van der Waals surface area contributed by atoms with Crippen LogP contribution in [0.3, 0.4) is 0 Å². The summed E-state index contributed by atoms with van der Waals surface area (Å²) in [6.07, 6.45) is 0. The molecule has 4 heteroatoms. The molecule has 0 aliphatic heterocycles. The van der Waals surface area contributed by atoms with Crippen LogP contribution in [0.5, 0.6) is 0 Å². The lowest BCUT2D eigenvalue weighted by Crippen LogP contribution is -2.27. The quantitative estimate of drug-likeness (QED) is 0.789. The van der Waals surface area contributed by atoms with Gasteiger partial charge in [-0.15, -0.1) is 0 Å². The molecule has 0 spiro atoms. The summed E-state index contributed by atoms with van der Waals surface area (Å²) in [6, 6.07) is 9.32. The molecule has 0 aliphatic carbocycles. The minimum absolute atomic E-state index is 0.231. The SMILES string of the molecule is CC(=O)C(C(C)=O)C(c1ccc(F)cc1)c1ccc(C)o1. The number of aryl methyl sites for hydroxylation is 1. The van der Waals surface area contributed by atoms with Crippen molar-refractivity contribution in [3.63, 3.8) is 0 Å². The van der Waals surface area contributed by atoms with E-state index in [9.17, 15) is 14.0 Å². The highest BCUT2D eigenvalue weighted by atomic mass is 19.1. The van der Waals surface area contributed by atoms with Crippen molar-refractivity contribution in [2.75, 3.05) is 0 Å². The molecular formula is C17H17FO3. The predicted octanol–water partition coefficient (Wildman–Crippen LogP) is 3.65. The van der Waals surface area contributed by atoms with E-state index in [1.807, 2.05) is 0 Å². The fourth-order valence-corrected chi connectivity index (χ4v) is 2.57. The first-order valence-electron chi connectivity index (χ1n) is 6.73. The van der Waals surface area contributed by atoms with Crippen LogP contribution in [-0.4, -0.2) is 11.6 Å². The van der Waals surface area contributed by atoms with Crippen LogP contribution in [0.25, 0.3) is 0 Å². The van der Waals surface area contributed by atoms with Crippen LogP contribution in [0.4, 0.5) is 4.39 Å². The van der Waals surface area contributed by atoms with Gasteiger partial charge >= 0.3 is 0 Å². The Morgan fingerprint density at radius 1 is 1.00 bits per heavy atom. The molecule has 2 rings (SSSR count). The summed E-state index contributed by atoms with van der Waals surface area (Å²) >= 11 is 0. The number of carbonyl (C=O) groups is 2. The summed E-state index contributed by atoms with van der Waals surface area (Å²) in [5.41, 5.74) is 0.682. The molecule has 0 bridgehead atoms. The molecule has 2 aromatic rings. The van der Waals surface area contributed by atoms with Crippen molar-refractivity contribution < 1.29 is 18.4 Å². The Kier molecular flexibility index (Phi) is 4.36. The number of hydrogen-bond donors (Lipinski definition) is 0. The number of carbonyl (C=O) groups excluding carboxylic acids is 2. The highest BCUT2D eigenvalue weighted by Gasteiger charge is 2.34. The van der Waals surface area contributed by atoms with E-state index in [1.165, 1.54) is 26.0 Å². The minimum atomic E-state index is -0.832. The summed E-state index contributed by atoms with van der Waals surface area (Å²) in [5, 5.41) is 0. The number of Topliss-reactive ketones (excluding diaryl/α,β-unsaturated/α-hetero) is 2. The van der Waals surface area contributed by atoms with Gasteiger partial charge in [-0.05, 0) is 50.6 Å². The molecule has 0 N–H and O–H groups in total. The number of rotatable bonds is 5. The molecule has 1 heterocycles. The fourth-order valence-electron chi connectivity index (χ4n) is 2.57. The highest BCUT2D eigenvalue weighted by molar-refractivity contribution is 6.01. The zero-order valence-electron chi connectivity index (χ0n) is 12.2. The number of benzene rings is 1. The lowest BCUT2D eigenvalue weighted by atomic mass is 9.80. The van der Waals surface area contributed by atoms with Gasteiger partial charge in [0.25, 0.3) is 0 Å². The summed E-state index contributed by atoms with van der Waals surface area (Å²) in [6.45, 7) is 4.57. The number of hydrogen-bond acceptors (Lipinski definition) is 3. The number of furan rings is 1. The standard InChI is InChI=1S/C17H17FO3/c1-10-4-9-15(21-10)17(16(11(2)19)12(3)20)13-5-7-14(18)8-6-13/h4-9,16-17H,1-3H3. The molecule has 0 aliphatic rings. The Bertz CT molecular complexity index is 641. The molecule has 0 radical (unpaired) electrons. The zero-order chi connectivity index (χ0) is 15.6. The lowest BCUT2D eigenvalue weighted by Gasteiger charge is -2.22. The van der Waals surface area contributed by atoms with Crippen molar-refractivity contribution >= 4 is 11.6 Å². The van der Waals surface area contributed by atoms with Crippen molar-refractivity contribution in [1.82, 2.24) is 0 Å². The second kappa shape index (κ2) is 6.04. The monoisotopic (exact) mass is 288 g/mol. The van der Waals surface area contributed by atoms with Crippen molar-refractivity contribution in [3.05, 3.63) is 59.3 Å². The van der Waals surface area contributed by atoms with Crippen molar-refractivity contribution in [2.24, 2.45) is 5.92 Å². The minimum Gasteiger partial charge on any atom is -0.466 e. The smallest absolute Gasteiger partial charge is 0.141 e.